The highest BCUT2D eigenvalue weighted by molar-refractivity contribution is 7.99. The first-order valence-electron chi connectivity index (χ1n) is 5.75. The van der Waals surface area contributed by atoms with Gasteiger partial charge in [0.15, 0.2) is 0 Å². The van der Waals surface area contributed by atoms with E-state index in [4.69, 9.17) is 5.73 Å². The average molecular weight is 289 g/mol. The van der Waals surface area contributed by atoms with Crippen molar-refractivity contribution < 1.29 is 9.18 Å². The first kappa shape index (κ1) is 14.1. The number of primary amides is 1. The molecule has 3 N–H and O–H groups in total. The Bertz CT molecular complexity index is 611. The molecule has 0 fully saturated rings. The van der Waals surface area contributed by atoms with Gasteiger partial charge in [0, 0.05) is 9.79 Å². The molecule has 0 heterocycles. The molecule has 2 amide bonds. The molecule has 0 radical (unpaired) electrons. The summed E-state index contributed by atoms with van der Waals surface area (Å²) in [5.41, 5.74) is 7.84. The fraction of sp³-hybridized carbons (Fsp3) is 0. The number of amides is 2. The van der Waals surface area contributed by atoms with E-state index in [2.05, 4.69) is 10.5 Å². The summed E-state index contributed by atoms with van der Waals surface area (Å²) in [6.45, 7) is 0. The number of nitrogens with zero attached hydrogens (tertiary/aromatic N) is 1. The zero-order valence-electron chi connectivity index (χ0n) is 10.4. The normalized spacial score (nSPS) is 10.7. The van der Waals surface area contributed by atoms with Crippen LogP contribution in [0, 0.1) is 5.82 Å². The number of urea groups is 1. The summed E-state index contributed by atoms with van der Waals surface area (Å²) < 4.78 is 12.8. The van der Waals surface area contributed by atoms with Gasteiger partial charge in [0.25, 0.3) is 0 Å². The van der Waals surface area contributed by atoms with E-state index in [9.17, 15) is 9.18 Å². The standard InChI is InChI=1S/C14H12FN3OS/c15-11-3-7-13(8-4-11)20-12-5-1-10(2-6-12)9-17-18-14(16)19/h1-9H,(H3,16,18,19)/b17-9+. The molecule has 6 heteroatoms. The van der Waals surface area contributed by atoms with Gasteiger partial charge in [0.2, 0.25) is 0 Å². The van der Waals surface area contributed by atoms with E-state index < -0.39 is 6.03 Å². The lowest BCUT2D eigenvalue weighted by atomic mass is 10.2. The van der Waals surface area contributed by atoms with Crippen molar-refractivity contribution in [2.75, 3.05) is 0 Å². The number of hydrogen-bond acceptors (Lipinski definition) is 3. The van der Waals surface area contributed by atoms with Crippen LogP contribution in [0.1, 0.15) is 5.56 Å². The fourth-order valence-corrected chi connectivity index (χ4v) is 2.25. The predicted molar refractivity (Wildman–Crippen MR) is 77.3 cm³/mol. The van der Waals surface area contributed by atoms with E-state index in [-0.39, 0.29) is 5.82 Å². The predicted octanol–water partition coefficient (Wildman–Crippen LogP) is 2.98. The summed E-state index contributed by atoms with van der Waals surface area (Å²) >= 11 is 1.53. The van der Waals surface area contributed by atoms with E-state index in [1.807, 2.05) is 24.3 Å². The molecule has 102 valence electrons. The van der Waals surface area contributed by atoms with E-state index in [1.165, 1.54) is 30.1 Å². The lowest BCUT2D eigenvalue weighted by Crippen LogP contribution is -2.24. The van der Waals surface area contributed by atoms with E-state index in [0.717, 1.165) is 15.4 Å². The Morgan fingerprint density at radius 3 is 2.20 bits per heavy atom. The van der Waals surface area contributed by atoms with E-state index in [0.29, 0.717) is 0 Å². The summed E-state index contributed by atoms with van der Waals surface area (Å²) in [5, 5.41) is 3.67. The molecule has 0 aliphatic rings. The quantitative estimate of drug-likeness (QED) is 0.671. The van der Waals surface area contributed by atoms with Crippen molar-refractivity contribution in [3.63, 3.8) is 0 Å². The molecule has 2 rings (SSSR count). The van der Waals surface area contributed by atoms with Crippen LogP contribution in [-0.4, -0.2) is 12.2 Å². The highest BCUT2D eigenvalue weighted by Gasteiger charge is 1.98. The second kappa shape index (κ2) is 6.72. The second-order valence-electron chi connectivity index (χ2n) is 3.86. The number of halogens is 1. The molecule has 0 aromatic heterocycles. The SMILES string of the molecule is NC(=O)N/N=C/c1ccc(Sc2ccc(F)cc2)cc1. The number of carbonyl (C=O) groups excluding carboxylic acids is 1. The van der Waals surface area contributed by atoms with Gasteiger partial charge in [-0.15, -0.1) is 0 Å². The summed E-state index contributed by atoms with van der Waals surface area (Å²) in [7, 11) is 0. The van der Waals surface area contributed by atoms with E-state index >= 15 is 0 Å². The largest absolute Gasteiger partial charge is 0.350 e. The molecule has 4 nitrogen and oxygen atoms in total. The van der Waals surface area contributed by atoms with Crippen molar-refractivity contribution in [1.82, 2.24) is 5.43 Å². The molecular weight excluding hydrogens is 277 g/mol. The Balaban J connectivity index is 1.99. The number of hydrazone groups is 1. The molecule has 20 heavy (non-hydrogen) atoms. The highest BCUT2D eigenvalue weighted by Crippen LogP contribution is 2.27. The maximum Gasteiger partial charge on any atom is 0.332 e. The summed E-state index contributed by atoms with van der Waals surface area (Å²) in [5.74, 6) is -0.247. The third kappa shape index (κ3) is 4.40. The minimum absolute atomic E-state index is 0.247. The summed E-state index contributed by atoms with van der Waals surface area (Å²) in [6.07, 6.45) is 1.50. The Labute approximate surface area is 119 Å². The molecule has 0 bridgehead atoms. The van der Waals surface area contributed by atoms with Gasteiger partial charge in [0.1, 0.15) is 5.82 Å². The molecule has 0 aliphatic carbocycles. The number of benzene rings is 2. The summed E-state index contributed by atoms with van der Waals surface area (Å²) in [4.78, 5) is 12.4. The molecule has 0 saturated carbocycles. The van der Waals surface area contributed by atoms with Crippen molar-refractivity contribution in [2.45, 2.75) is 9.79 Å². The van der Waals surface area contributed by atoms with Gasteiger partial charge in [-0.3, -0.25) is 0 Å². The number of nitrogens with two attached hydrogens (primary N) is 1. The monoisotopic (exact) mass is 289 g/mol. The van der Waals surface area contributed by atoms with Crippen LogP contribution in [0.25, 0.3) is 0 Å². The lowest BCUT2D eigenvalue weighted by molar-refractivity contribution is 0.249. The first-order valence-corrected chi connectivity index (χ1v) is 6.57. The number of nitrogens with one attached hydrogen (secondary N) is 1. The lowest BCUT2D eigenvalue weighted by Gasteiger charge is -2.02. The average Bonchev–Trinajstić information content (AvgIpc) is 2.43. The second-order valence-corrected chi connectivity index (χ2v) is 5.01. The van der Waals surface area contributed by atoms with Crippen LogP contribution in [0.5, 0.6) is 0 Å². The van der Waals surface area contributed by atoms with Crippen molar-refractivity contribution in [3.05, 3.63) is 59.9 Å². The number of rotatable bonds is 4. The fourth-order valence-electron chi connectivity index (χ4n) is 1.43. The molecule has 0 spiro atoms. The third-order valence-corrected chi connectivity index (χ3v) is 3.33. The van der Waals surface area contributed by atoms with Gasteiger partial charge < -0.3 is 5.73 Å². The van der Waals surface area contributed by atoms with Gasteiger partial charge in [0.05, 0.1) is 6.21 Å². The van der Waals surface area contributed by atoms with Crippen LogP contribution >= 0.6 is 11.8 Å². The molecule has 0 saturated heterocycles. The van der Waals surface area contributed by atoms with Crippen molar-refractivity contribution in [1.29, 1.82) is 0 Å². The van der Waals surface area contributed by atoms with Crippen LogP contribution in [0.4, 0.5) is 9.18 Å². The molecule has 2 aromatic rings. The first-order chi connectivity index (χ1) is 9.63. The molecule has 0 atom stereocenters. The Kier molecular flexibility index (Phi) is 4.73. The molecule has 2 aromatic carbocycles. The zero-order chi connectivity index (χ0) is 14.4. The van der Waals surface area contributed by atoms with Crippen molar-refractivity contribution >= 4 is 24.0 Å². The van der Waals surface area contributed by atoms with Gasteiger partial charge >= 0.3 is 6.03 Å². The molecular formula is C14H12FN3OS. The van der Waals surface area contributed by atoms with Gasteiger partial charge in [-0.25, -0.2) is 14.6 Å². The van der Waals surface area contributed by atoms with Crippen LogP contribution in [0.2, 0.25) is 0 Å². The minimum atomic E-state index is -0.704. The third-order valence-electron chi connectivity index (χ3n) is 2.32. The Morgan fingerprint density at radius 2 is 1.65 bits per heavy atom. The van der Waals surface area contributed by atoms with Crippen LogP contribution in [-0.2, 0) is 0 Å². The van der Waals surface area contributed by atoms with Crippen molar-refractivity contribution in [2.24, 2.45) is 10.8 Å². The Hall–Kier alpha value is -2.34. The van der Waals surface area contributed by atoms with Gasteiger partial charge in [-0.05, 0) is 42.0 Å². The highest BCUT2D eigenvalue weighted by atomic mass is 32.2. The maximum atomic E-state index is 12.8. The van der Waals surface area contributed by atoms with E-state index in [1.54, 1.807) is 12.1 Å². The topological polar surface area (TPSA) is 67.5 Å². The molecule has 0 aliphatic heterocycles. The van der Waals surface area contributed by atoms with Crippen LogP contribution in [0.3, 0.4) is 0 Å². The van der Waals surface area contributed by atoms with Gasteiger partial charge in [-0.2, -0.15) is 5.10 Å². The smallest absolute Gasteiger partial charge is 0.332 e. The number of hydrogen-bond donors (Lipinski definition) is 2. The number of carbonyl (C=O) groups is 1. The van der Waals surface area contributed by atoms with Crippen LogP contribution < -0.4 is 11.2 Å². The maximum absolute atomic E-state index is 12.8. The van der Waals surface area contributed by atoms with Crippen molar-refractivity contribution in [3.8, 4) is 0 Å². The summed E-state index contributed by atoms with van der Waals surface area (Å²) in [6, 6.07) is 13.2. The Morgan fingerprint density at radius 1 is 1.10 bits per heavy atom. The zero-order valence-corrected chi connectivity index (χ0v) is 11.2. The van der Waals surface area contributed by atoms with Gasteiger partial charge in [-0.1, -0.05) is 23.9 Å². The molecule has 0 unspecified atom stereocenters. The minimum Gasteiger partial charge on any atom is -0.350 e. The van der Waals surface area contributed by atoms with Crippen LogP contribution in [0.15, 0.2) is 63.4 Å².